The van der Waals surface area contributed by atoms with Crippen LogP contribution in [0.1, 0.15) is 47.5 Å². The molecule has 0 radical (unpaired) electrons. The largest absolute Gasteiger partial charge is 0.808 e. The van der Waals surface area contributed by atoms with E-state index in [-0.39, 0.29) is 53.9 Å². The molecule has 0 spiro atoms. The van der Waals surface area contributed by atoms with Gasteiger partial charge in [-0.1, -0.05) is 33.8 Å². The molecular weight excluding hydrogens is 343 g/mol. The summed E-state index contributed by atoms with van der Waals surface area (Å²) in [5.74, 6) is 0.229. The molecule has 1 aliphatic rings. The first kappa shape index (κ1) is 26.5. The van der Waals surface area contributed by atoms with Crippen molar-refractivity contribution >= 4 is 13.5 Å². The van der Waals surface area contributed by atoms with Crippen molar-refractivity contribution in [1.82, 2.24) is 22.5 Å². The van der Waals surface area contributed by atoms with Crippen molar-refractivity contribution in [3.8, 4) is 0 Å². The van der Waals surface area contributed by atoms with Gasteiger partial charge in [0.2, 0.25) is 5.91 Å². The average Bonchev–Trinajstić information content (AvgIpc) is 2.44. The van der Waals surface area contributed by atoms with Gasteiger partial charge in [0.1, 0.15) is 0 Å². The lowest BCUT2D eigenvalue weighted by molar-refractivity contribution is -0.310. The highest BCUT2D eigenvalue weighted by molar-refractivity contribution is 7.53. The van der Waals surface area contributed by atoms with Crippen LogP contribution >= 0.6 is 7.60 Å². The second kappa shape index (κ2) is 11.1. The van der Waals surface area contributed by atoms with E-state index in [1.807, 2.05) is 27.7 Å². The Kier molecular flexibility index (Phi) is 11.7. The summed E-state index contributed by atoms with van der Waals surface area (Å²) in [6.07, 6.45) is 2.29. The van der Waals surface area contributed by atoms with Crippen molar-refractivity contribution in [2.75, 3.05) is 13.1 Å². The molecule has 1 amide bonds. The predicted octanol–water partition coefficient (Wildman–Crippen LogP) is 1.82. The van der Waals surface area contributed by atoms with Crippen LogP contribution in [0.4, 0.5) is 0 Å². The zero-order valence-corrected chi connectivity index (χ0v) is 17.6. The van der Waals surface area contributed by atoms with Gasteiger partial charge in [-0.2, -0.15) is 0 Å². The average molecular weight is 380 g/mol. The van der Waals surface area contributed by atoms with E-state index in [2.05, 4.69) is 10.2 Å². The van der Waals surface area contributed by atoms with Crippen molar-refractivity contribution in [3.05, 3.63) is 11.4 Å². The third-order valence-electron chi connectivity index (χ3n) is 4.72. The van der Waals surface area contributed by atoms with Crippen molar-refractivity contribution in [2.24, 2.45) is 11.8 Å². The Morgan fingerprint density at radius 2 is 1.84 bits per heavy atom. The first-order valence-electron chi connectivity index (χ1n) is 8.34. The zero-order chi connectivity index (χ0) is 17.8. The molecule has 0 aromatic carbocycles. The molecule has 0 saturated heterocycles. The summed E-state index contributed by atoms with van der Waals surface area (Å²) < 4.78 is 11.4. The van der Waals surface area contributed by atoms with Crippen molar-refractivity contribution in [3.63, 3.8) is 0 Å². The fourth-order valence-electron chi connectivity index (χ4n) is 3.58. The summed E-state index contributed by atoms with van der Waals surface area (Å²) in [5, 5.41) is 3.03. The van der Waals surface area contributed by atoms with Crippen LogP contribution in [0.3, 0.4) is 0 Å². The number of hydrogen-bond acceptors (Lipinski definition) is 5. The monoisotopic (exact) mass is 380 g/mol. The van der Waals surface area contributed by atoms with E-state index >= 15 is 0 Å². The number of hydrogen-bond donors (Lipinski definition) is 3. The van der Waals surface area contributed by atoms with Gasteiger partial charge >= 0.3 is 0 Å². The normalized spacial score (nSPS) is 21.9. The molecule has 0 aromatic heterocycles. The molecule has 0 fully saturated rings. The molecule has 150 valence electrons. The molecule has 0 unspecified atom stereocenters. The summed E-state index contributed by atoms with van der Waals surface area (Å²) in [6.45, 7) is 11.2. The summed E-state index contributed by atoms with van der Waals surface area (Å²) in [4.78, 5) is 36.6. The molecule has 9 heteroatoms. The molecule has 1 aliphatic carbocycles. The molecule has 25 heavy (non-hydrogen) atoms. The minimum atomic E-state index is -4.70. The van der Waals surface area contributed by atoms with Gasteiger partial charge < -0.3 is 36.9 Å². The van der Waals surface area contributed by atoms with Crippen LogP contribution in [0.5, 0.6) is 0 Å². The molecule has 0 aromatic rings. The molecule has 8 nitrogen and oxygen atoms in total. The van der Waals surface area contributed by atoms with E-state index in [4.69, 9.17) is 0 Å². The Morgan fingerprint density at radius 1 is 1.32 bits per heavy atom. The quantitative estimate of drug-likeness (QED) is 0.571. The van der Waals surface area contributed by atoms with Gasteiger partial charge in [0.15, 0.2) is 0 Å². The maximum Gasteiger partial charge on any atom is 0.217 e. The van der Waals surface area contributed by atoms with Crippen molar-refractivity contribution < 1.29 is 19.1 Å². The fraction of sp³-hybridized carbons (Fsp3) is 0.812. The Bertz CT molecular complexity index is 489. The molecule has 0 saturated carbocycles. The first-order chi connectivity index (χ1) is 10.6. The minimum Gasteiger partial charge on any atom is -0.808 e. The second-order valence-electron chi connectivity index (χ2n) is 6.56. The van der Waals surface area contributed by atoms with Crippen molar-refractivity contribution in [2.45, 2.75) is 59.5 Å². The van der Waals surface area contributed by atoms with Gasteiger partial charge in [0.05, 0.1) is 0 Å². The highest BCUT2D eigenvalue weighted by Crippen LogP contribution is 2.45. The Morgan fingerprint density at radius 3 is 2.20 bits per heavy atom. The molecule has 0 bridgehead atoms. The standard InChI is InChI=1S/C16H31N2O4P.2H3N/c1-6-18(7-2)15-10-13(23(20,21)22)8-9-14(15)16(11(3)4)17-12(5)19;;/h8,11,14-16H,6-7,9-10H2,1-5H3,(H,17,19)(H2,20,21,22);2*1H3/t14-,15+,16+;;/m1../s1. The van der Waals surface area contributed by atoms with E-state index in [9.17, 15) is 19.1 Å². The van der Waals surface area contributed by atoms with Gasteiger partial charge in [-0.05, 0) is 50.7 Å². The van der Waals surface area contributed by atoms with Crippen LogP contribution in [0.15, 0.2) is 11.4 Å². The van der Waals surface area contributed by atoms with Crippen LogP contribution < -0.4 is 27.4 Å². The lowest BCUT2D eigenvalue weighted by Crippen LogP contribution is -2.53. The molecule has 3 atom stereocenters. The van der Waals surface area contributed by atoms with Crippen LogP contribution in [0, 0.1) is 11.8 Å². The Labute approximate surface area is 151 Å². The number of rotatable bonds is 7. The zero-order valence-electron chi connectivity index (χ0n) is 16.7. The number of quaternary nitrogens is 2. The third-order valence-corrected chi connectivity index (χ3v) is 5.79. The van der Waals surface area contributed by atoms with E-state index in [0.29, 0.717) is 6.42 Å². The third kappa shape index (κ3) is 7.17. The Balaban J connectivity index is 0. The van der Waals surface area contributed by atoms with E-state index in [1.54, 1.807) is 6.08 Å². The van der Waals surface area contributed by atoms with Gasteiger partial charge in [-0.3, -0.25) is 4.79 Å². The van der Waals surface area contributed by atoms with E-state index < -0.39 is 7.60 Å². The Hall–Kier alpha value is -0.760. The lowest BCUT2D eigenvalue weighted by atomic mass is 9.78. The summed E-state index contributed by atoms with van der Waals surface area (Å²) >= 11 is 0. The van der Waals surface area contributed by atoms with Gasteiger partial charge in [0.25, 0.3) is 0 Å². The lowest BCUT2D eigenvalue weighted by Gasteiger charge is -2.46. The molecule has 9 N–H and O–H groups in total. The molecule has 0 aliphatic heterocycles. The fourth-order valence-corrected chi connectivity index (χ4v) is 4.32. The summed E-state index contributed by atoms with van der Waals surface area (Å²) in [5.41, 5.74) is 0. The van der Waals surface area contributed by atoms with Crippen molar-refractivity contribution in [1.29, 1.82) is 0 Å². The van der Waals surface area contributed by atoms with Crippen LogP contribution in [0.2, 0.25) is 0 Å². The summed E-state index contributed by atoms with van der Waals surface area (Å²) in [6, 6.07) is -0.103. The van der Waals surface area contributed by atoms with Crippen LogP contribution in [-0.2, 0) is 9.36 Å². The number of nitrogens with zero attached hydrogens (tertiary/aromatic N) is 1. The topological polar surface area (TPSA) is 169 Å². The smallest absolute Gasteiger partial charge is 0.217 e. The first-order valence-corrected chi connectivity index (χ1v) is 9.88. The minimum absolute atomic E-state index is 0. The van der Waals surface area contributed by atoms with Gasteiger partial charge in [-0.15, -0.1) is 0 Å². The van der Waals surface area contributed by atoms with E-state index in [0.717, 1.165) is 13.1 Å². The predicted molar refractivity (Wildman–Crippen MR) is 99.5 cm³/mol. The van der Waals surface area contributed by atoms with Gasteiger partial charge in [0, 0.05) is 19.0 Å². The molecular formula is C16H37N4O4P. The summed E-state index contributed by atoms with van der Waals surface area (Å²) in [7, 11) is -4.70. The number of allylic oxidation sites excluding steroid dienone is 1. The maximum absolute atomic E-state index is 11.6. The van der Waals surface area contributed by atoms with Gasteiger partial charge in [-0.25, -0.2) is 0 Å². The highest BCUT2D eigenvalue weighted by Gasteiger charge is 2.37. The number of carbonyl (C=O) groups is 1. The highest BCUT2D eigenvalue weighted by atomic mass is 31.2. The second-order valence-corrected chi connectivity index (χ2v) is 8.12. The number of nitrogens with one attached hydrogen (secondary N) is 1. The van der Waals surface area contributed by atoms with E-state index in [1.165, 1.54) is 6.92 Å². The number of carbonyl (C=O) groups excluding carboxylic acids is 1. The van der Waals surface area contributed by atoms with Crippen LogP contribution in [-0.4, -0.2) is 36.0 Å². The molecule has 1 rings (SSSR count). The SMILES string of the molecule is CCN(CC)[C@H]1CC(P(=O)([O-])[O-])=CC[C@H]1[C@@H](NC(C)=O)C(C)C.[NH4+].[NH4+]. The molecule has 0 heterocycles. The van der Waals surface area contributed by atoms with Crippen LogP contribution in [0.25, 0.3) is 0 Å². The number of amides is 1. The maximum atomic E-state index is 11.6.